The summed E-state index contributed by atoms with van der Waals surface area (Å²) in [5.74, 6) is 0.725. The van der Waals surface area contributed by atoms with Gasteiger partial charge in [0.05, 0.1) is 0 Å². The first-order valence-electron chi connectivity index (χ1n) is 6.98. The fourth-order valence-corrected chi connectivity index (χ4v) is 2.86. The van der Waals surface area contributed by atoms with Crippen LogP contribution in [0.1, 0.15) is 40.0 Å². The van der Waals surface area contributed by atoms with Crippen LogP contribution < -0.4 is 5.32 Å². The molecule has 0 bridgehead atoms. The van der Waals surface area contributed by atoms with E-state index in [9.17, 15) is 0 Å². The summed E-state index contributed by atoms with van der Waals surface area (Å²) in [5.41, 5.74) is 0.332. The smallest absolute Gasteiger partial charge is 0.0434 e. The third-order valence-electron chi connectivity index (χ3n) is 4.04. The maximum atomic E-state index is 8.95. The van der Waals surface area contributed by atoms with Crippen molar-refractivity contribution in [1.29, 1.82) is 0 Å². The van der Waals surface area contributed by atoms with Crippen molar-refractivity contribution in [3.05, 3.63) is 0 Å². The van der Waals surface area contributed by atoms with Crippen molar-refractivity contribution in [2.75, 3.05) is 33.3 Å². The topological polar surface area (TPSA) is 35.5 Å². The summed E-state index contributed by atoms with van der Waals surface area (Å²) < 4.78 is 0. The number of hydrogen-bond acceptors (Lipinski definition) is 3. The van der Waals surface area contributed by atoms with Crippen LogP contribution in [-0.4, -0.2) is 49.3 Å². The lowest BCUT2D eigenvalue weighted by molar-refractivity contribution is 0.220. The number of rotatable bonds is 6. The van der Waals surface area contributed by atoms with Gasteiger partial charge in [-0.05, 0) is 50.7 Å². The zero-order chi connectivity index (χ0) is 12.9. The molecule has 0 spiro atoms. The lowest BCUT2D eigenvalue weighted by Gasteiger charge is -2.32. The molecule has 0 saturated carbocycles. The summed E-state index contributed by atoms with van der Waals surface area (Å²) in [6, 6.07) is 0.583. The SMILES string of the molecule is CNC(CCN1CCC(CCO)C1)C(C)(C)C. The highest BCUT2D eigenvalue weighted by Crippen LogP contribution is 2.24. The molecule has 1 heterocycles. The third kappa shape index (κ3) is 4.94. The van der Waals surface area contributed by atoms with Gasteiger partial charge < -0.3 is 15.3 Å². The first-order valence-corrected chi connectivity index (χ1v) is 6.98. The second kappa shape index (κ2) is 6.72. The standard InChI is InChI=1S/C14H30N2O/c1-14(2,3)13(15-4)6-9-16-8-5-12(11-16)7-10-17/h12-13,15,17H,5-11H2,1-4H3. The van der Waals surface area contributed by atoms with Crippen molar-refractivity contribution in [2.45, 2.75) is 46.1 Å². The van der Waals surface area contributed by atoms with Gasteiger partial charge in [-0.25, -0.2) is 0 Å². The molecule has 0 amide bonds. The highest BCUT2D eigenvalue weighted by Gasteiger charge is 2.26. The summed E-state index contributed by atoms with van der Waals surface area (Å²) in [7, 11) is 2.06. The number of aliphatic hydroxyl groups excluding tert-OH is 1. The number of nitrogens with one attached hydrogen (secondary N) is 1. The van der Waals surface area contributed by atoms with Crippen molar-refractivity contribution in [3.63, 3.8) is 0 Å². The van der Waals surface area contributed by atoms with Crippen molar-refractivity contribution < 1.29 is 5.11 Å². The van der Waals surface area contributed by atoms with Gasteiger partial charge in [0.2, 0.25) is 0 Å². The zero-order valence-electron chi connectivity index (χ0n) is 12.0. The first-order chi connectivity index (χ1) is 7.97. The van der Waals surface area contributed by atoms with Gasteiger partial charge in [0.1, 0.15) is 0 Å². The van der Waals surface area contributed by atoms with Crippen LogP contribution >= 0.6 is 0 Å². The molecule has 1 aliphatic heterocycles. The Kier molecular flexibility index (Phi) is 5.90. The van der Waals surface area contributed by atoms with Gasteiger partial charge in [-0.15, -0.1) is 0 Å². The first kappa shape index (κ1) is 14.9. The molecule has 1 rings (SSSR count). The van der Waals surface area contributed by atoms with Crippen molar-refractivity contribution in [3.8, 4) is 0 Å². The number of likely N-dealkylation sites (tertiary alicyclic amines) is 1. The van der Waals surface area contributed by atoms with E-state index in [-0.39, 0.29) is 0 Å². The Bertz CT molecular complexity index is 213. The van der Waals surface area contributed by atoms with Gasteiger partial charge in [-0.1, -0.05) is 20.8 Å². The second-order valence-electron chi connectivity index (χ2n) is 6.46. The molecular formula is C14H30N2O. The van der Waals surface area contributed by atoms with Crippen LogP contribution in [0.5, 0.6) is 0 Å². The normalized spacial score (nSPS) is 24.2. The summed E-state index contributed by atoms with van der Waals surface area (Å²) in [5, 5.41) is 12.4. The Balaban J connectivity index is 2.27. The summed E-state index contributed by atoms with van der Waals surface area (Å²) in [4.78, 5) is 2.55. The Morgan fingerprint density at radius 1 is 1.41 bits per heavy atom. The minimum Gasteiger partial charge on any atom is -0.396 e. The van der Waals surface area contributed by atoms with Gasteiger partial charge >= 0.3 is 0 Å². The third-order valence-corrected chi connectivity index (χ3v) is 4.04. The van der Waals surface area contributed by atoms with Crippen molar-refractivity contribution in [1.82, 2.24) is 10.2 Å². The average molecular weight is 242 g/mol. The fourth-order valence-electron chi connectivity index (χ4n) is 2.86. The number of hydrogen-bond donors (Lipinski definition) is 2. The fraction of sp³-hybridized carbons (Fsp3) is 1.00. The zero-order valence-corrected chi connectivity index (χ0v) is 12.0. The van der Waals surface area contributed by atoms with E-state index in [1.54, 1.807) is 0 Å². The van der Waals surface area contributed by atoms with E-state index in [0.717, 1.165) is 12.3 Å². The molecule has 0 aromatic heterocycles. The van der Waals surface area contributed by atoms with Crippen molar-refractivity contribution >= 4 is 0 Å². The molecule has 3 heteroatoms. The highest BCUT2D eigenvalue weighted by atomic mass is 16.3. The minimum atomic E-state index is 0.332. The Labute approximate surface area is 107 Å². The molecule has 3 nitrogen and oxygen atoms in total. The van der Waals surface area contributed by atoms with Gasteiger partial charge in [-0.3, -0.25) is 0 Å². The minimum absolute atomic E-state index is 0.332. The highest BCUT2D eigenvalue weighted by molar-refractivity contribution is 4.82. The number of nitrogens with zero attached hydrogens (tertiary/aromatic N) is 1. The Hall–Kier alpha value is -0.120. The van der Waals surface area contributed by atoms with Gasteiger partial charge in [0, 0.05) is 19.2 Å². The second-order valence-corrected chi connectivity index (χ2v) is 6.46. The monoisotopic (exact) mass is 242 g/mol. The molecule has 0 aromatic carbocycles. The summed E-state index contributed by atoms with van der Waals surface area (Å²) in [6.07, 6.45) is 3.46. The Morgan fingerprint density at radius 3 is 2.65 bits per heavy atom. The molecule has 0 radical (unpaired) electrons. The van der Waals surface area contributed by atoms with E-state index in [2.05, 4.69) is 38.0 Å². The summed E-state index contributed by atoms with van der Waals surface area (Å²) >= 11 is 0. The predicted octanol–water partition coefficient (Wildman–Crippen LogP) is 1.71. The van der Waals surface area contributed by atoms with Crippen LogP contribution in [0.15, 0.2) is 0 Å². The molecular weight excluding hydrogens is 212 g/mol. The largest absolute Gasteiger partial charge is 0.396 e. The molecule has 1 aliphatic rings. The molecule has 2 unspecified atom stereocenters. The van der Waals surface area contributed by atoms with E-state index >= 15 is 0 Å². The van der Waals surface area contributed by atoms with E-state index in [4.69, 9.17) is 5.11 Å². The van der Waals surface area contributed by atoms with Crippen LogP contribution in [-0.2, 0) is 0 Å². The van der Waals surface area contributed by atoms with Gasteiger partial charge in [-0.2, -0.15) is 0 Å². The molecule has 1 fully saturated rings. The maximum Gasteiger partial charge on any atom is 0.0434 e. The lowest BCUT2D eigenvalue weighted by Crippen LogP contribution is -2.40. The van der Waals surface area contributed by atoms with Gasteiger partial charge in [0.25, 0.3) is 0 Å². The average Bonchev–Trinajstić information content (AvgIpc) is 2.65. The maximum absolute atomic E-state index is 8.95. The molecule has 17 heavy (non-hydrogen) atoms. The lowest BCUT2D eigenvalue weighted by atomic mass is 9.85. The molecule has 0 aromatic rings. The van der Waals surface area contributed by atoms with Gasteiger partial charge in [0.15, 0.2) is 0 Å². The van der Waals surface area contributed by atoms with Crippen LogP contribution in [0.3, 0.4) is 0 Å². The molecule has 0 aliphatic carbocycles. The predicted molar refractivity (Wildman–Crippen MR) is 73.2 cm³/mol. The van der Waals surface area contributed by atoms with E-state index in [1.807, 2.05) is 0 Å². The van der Waals surface area contributed by atoms with Crippen LogP contribution in [0.4, 0.5) is 0 Å². The quantitative estimate of drug-likeness (QED) is 0.744. The van der Waals surface area contributed by atoms with E-state index in [1.165, 1.54) is 32.5 Å². The van der Waals surface area contributed by atoms with E-state index in [0.29, 0.717) is 18.1 Å². The number of aliphatic hydroxyl groups is 1. The molecule has 1 saturated heterocycles. The molecule has 2 atom stereocenters. The van der Waals surface area contributed by atoms with Crippen LogP contribution in [0, 0.1) is 11.3 Å². The molecule has 2 N–H and O–H groups in total. The van der Waals surface area contributed by atoms with Crippen molar-refractivity contribution in [2.24, 2.45) is 11.3 Å². The summed E-state index contributed by atoms with van der Waals surface area (Å²) in [6.45, 7) is 10.8. The van der Waals surface area contributed by atoms with Crippen LogP contribution in [0.25, 0.3) is 0 Å². The van der Waals surface area contributed by atoms with E-state index < -0.39 is 0 Å². The molecule has 102 valence electrons. The Morgan fingerprint density at radius 2 is 2.12 bits per heavy atom. The van der Waals surface area contributed by atoms with Crippen LogP contribution in [0.2, 0.25) is 0 Å².